The number of aromatic nitrogens is 2. The highest BCUT2D eigenvalue weighted by Crippen LogP contribution is 2.18. The van der Waals surface area contributed by atoms with Gasteiger partial charge in [-0.1, -0.05) is 5.16 Å². The molecule has 0 bridgehead atoms. The first-order chi connectivity index (χ1) is 7.54. The molecule has 0 spiro atoms. The van der Waals surface area contributed by atoms with Crippen molar-refractivity contribution in [3.05, 3.63) is 11.7 Å². The first-order valence-corrected chi connectivity index (χ1v) is 4.72. The van der Waals surface area contributed by atoms with Crippen molar-refractivity contribution in [1.29, 1.82) is 0 Å². The molecule has 90 valence electrons. The lowest BCUT2D eigenvalue weighted by molar-refractivity contribution is -0.177. The van der Waals surface area contributed by atoms with E-state index in [0.717, 1.165) is 13.1 Å². The minimum atomic E-state index is -4.33. The minimum Gasteiger partial charge on any atom is -0.364 e. The van der Waals surface area contributed by atoms with Crippen LogP contribution in [0.25, 0.3) is 0 Å². The summed E-state index contributed by atoms with van der Waals surface area (Å²) >= 11 is 0. The number of alkyl halides is 3. The summed E-state index contributed by atoms with van der Waals surface area (Å²) in [5.74, 6) is 0.763. The third kappa shape index (κ3) is 2.92. The summed E-state index contributed by atoms with van der Waals surface area (Å²) in [6, 6.07) is 0. The Morgan fingerprint density at radius 3 is 2.75 bits per heavy atom. The molecule has 2 heterocycles. The van der Waals surface area contributed by atoms with Crippen LogP contribution in [0.1, 0.15) is 17.6 Å². The molecule has 5 nitrogen and oxygen atoms in total. The number of ether oxygens (including phenoxy) is 1. The van der Waals surface area contributed by atoms with Gasteiger partial charge in [0.15, 0.2) is 5.82 Å². The topological polar surface area (TPSA) is 60.2 Å². The zero-order chi connectivity index (χ0) is 11.6. The van der Waals surface area contributed by atoms with Crippen molar-refractivity contribution in [2.24, 2.45) is 0 Å². The maximum absolute atomic E-state index is 11.8. The van der Waals surface area contributed by atoms with Crippen molar-refractivity contribution in [1.82, 2.24) is 15.5 Å². The second kappa shape index (κ2) is 4.38. The first kappa shape index (κ1) is 11.3. The largest absolute Gasteiger partial charge is 0.411 e. The van der Waals surface area contributed by atoms with E-state index in [9.17, 15) is 13.2 Å². The molecule has 1 aliphatic rings. The molecule has 0 aromatic carbocycles. The smallest absolute Gasteiger partial charge is 0.364 e. The molecule has 0 atom stereocenters. The average Bonchev–Trinajstić information content (AvgIpc) is 2.47. The predicted molar refractivity (Wildman–Crippen MR) is 45.6 cm³/mol. The summed E-state index contributed by atoms with van der Waals surface area (Å²) in [6.07, 6.45) is -4.33. The van der Waals surface area contributed by atoms with Gasteiger partial charge in [0.1, 0.15) is 13.2 Å². The van der Waals surface area contributed by atoms with Gasteiger partial charge in [-0.3, -0.25) is 0 Å². The molecule has 16 heavy (non-hydrogen) atoms. The van der Waals surface area contributed by atoms with Crippen molar-refractivity contribution in [2.75, 3.05) is 19.7 Å². The summed E-state index contributed by atoms with van der Waals surface area (Å²) < 4.78 is 44.6. The van der Waals surface area contributed by atoms with E-state index in [2.05, 4.69) is 20.2 Å². The summed E-state index contributed by atoms with van der Waals surface area (Å²) in [7, 11) is 0. The summed E-state index contributed by atoms with van der Waals surface area (Å²) in [4.78, 5) is 3.94. The number of hydrogen-bond donors (Lipinski definition) is 1. The Morgan fingerprint density at radius 2 is 2.19 bits per heavy atom. The summed E-state index contributed by atoms with van der Waals surface area (Å²) in [6.45, 7) is -0.0822. The second-order valence-corrected chi connectivity index (χ2v) is 3.51. The molecule has 0 unspecified atom stereocenters. The maximum Gasteiger partial charge on any atom is 0.411 e. The first-order valence-electron chi connectivity index (χ1n) is 4.72. The molecule has 2 rings (SSSR count). The molecule has 0 radical (unpaired) electrons. The number of nitrogens with zero attached hydrogens (tertiary/aromatic N) is 2. The molecule has 1 aliphatic heterocycles. The quantitative estimate of drug-likeness (QED) is 0.840. The molecule has 0 aliphatic carbocycles. The monoisotopic (exact) mass is 237 g/mol. The standard InChI is InChI=1S/C8H10F3N3O2/c9-8(10,11)4-15-3-6-13-7(16-14-6)5-1-12-2-5/h5,12H,1-4H2. The van der Waals surface area contributed by atoms with Crippen LogP contribution >= 0.6 is 0 Å². The van der Waals surface area contributed by atoms with Crippen LogP contribution in [0, 0.1) is 0 Å². The van der Waals surface area contributed by atoms with E-state index < -0.39 is 12.8 Å². The van der Waals surface area contributed by atoms with Crippen molar-refractivity contribution in [3.8, 4) is 0 Å². The van der Waals surface area contributed by atoms with E-state index in [0.29, 0.717) is 5.89 Å². The fourth-order valence-electron chi connectivity index (χ4n) is 1.21. The van der Waals surface area contributed by atoms with Crippen LogP contribution in [0.15, 0.2) is 4.52 Å². The number of nitrogens with one attached hydrogen (secondary N) is 1. The van der Waals surface area contributed by atoms with Gasteiger partial charge >= 0.3 is 6.18 Å². The Kier molecular flexibility index (Phi) is 3.10. The van der Waals surface area contributed by atoms with Crippen LogP contribution in [0.5, 0.6) is 0 Å². The Bertz CT molecular complexity index is 349. The highest BCUT2D eigenvalue weighted by atomic mass is 19.4. The van der Waals surface area contributed by atoms with Crippen molar-refractivity contribution in [2.45, 2.75) is 18.7 Å². The zero-order valence-corrected chi connectivity index (χ0v) is 8.25. The van der Waals surface area contributed by atoms with Gasteiger partial charge in [-0.05, 0) is 0 Å². The van der Waals surface area contributed by atoms with Crippen LogP contribution in [-0.4, -0.2) is 36.0 Å². The summed E-state index contributed by atoms with van der Waals surface area (Å²) in [5.41, 5.74) is 0. The normalized spacial score (nSPS) is 17.4. The second-order valence-electron chi connectivity index (χ2n) is 3.51. The Morgan fingerprint density at radius 1 is 1.44 bits per heavy atom. The highest BCUT2D eigenvalue weighted by Gasteiger charge is 2.28. The van der Waals surface area contributed by atoms with Crippen molar-refractivity contribution < 1.29 is 22.4 Å². The molecule has 1 saturated heterocycles. The van der Waals surface area contributed by atoms with Gasteiger partial charge < -0.3 is 14.6 Å². The fraction of sp³-hybridized carbons (Fsp3) is 0.750. The van der Waals surface area contributed by atoms with Crippen LogP contribution in [0.4, 0.5) is 13.2 Å². The molecule has 1 fully saturated rings. The van der Waals surface area contributed by atoms with Gasteiger partial charge in [-0.25, -0.2) is 0 Å². The van der Waals surface area contributed by atoms with Crippen LogP contribution in [0.2, 0.25) is 0 Å². The average molecular weight is 237 g/mol. The number of halogens is 3. The zero-order valence-electron chi connectivity index (χ0n) is 8.25. The molecule has 0 amide bonds. The van der Waals surface area contributed by atoms with E-state index in [1.54, 1.807) is 0 Å². The van der Waals surface area contributed by atoms with E-state index in [1.807, 2.05) is 0 Å². The number of rotatable bonds is 4. The lowest BCUT2D eigenvalue weighted by Crippen LogP contribution is -2.40. The molecular formula is C8H10F3N3O2. The molecule has 1 aromatic heterocycles. The maximum atomic E-state index is 11.8. The Balaban J connectivity index is 1.79. The van der Waals surface area contributed by atoms with Crippen molar-refractivity contribution in [3.63, 3.8) is 0 Å². The Labute approximate surface area is 89.0 Å². The van der Waals surface area contributed by atoms with Crippen LogP contribution in [-0.2, 0) is 11.3 Å². The van der Waals surface area contributed by atoms with Gasteiger partial charge in [0.05, 0.1) is 5.92 Å². The van der Waals surface area contributed by atoms with Crippen LogP contribution in [0.3, 0.4) is 0 Å². The summed E-state index contributed by atoms with van der Waals surface area (Å²) in [5, 5.41) is 6.56. The predicted octanol–water partition coefficient (Wildman–Crippen LogP) is 0.835. The third-order valence-corrected chi connectivity index (χ3v) is 2.11. The molecule has 0 saturated carbocycles. The number of hydrogen-bond acceptors (Lipinski definition) is 5. The van der Waals surface area contributed by atoms with Gasteiger partial charge in [-0.2, -0.15) is 18.2 Å². The van der Waals surface area contributed by atoms with Crippen molar-refractivity contribution >= 4 is 0 Å². The molecule has 8 heteroatoms. The fourth-order valence-corrected chi connectivity index (χ4v) is 1.21. The van der Waals surface area contributed by atoms with Gasteiger partial charge in [0, 0.05) is 13.1 Å². The van der Waals surface area contributed by atoms with Gasteiger partial charge in [0.25, 0.3) is 0 Å². The van der Waals surface area contributed by atoms with Gasteiger partial charge in [0.2, 0.25) is 5.89 Å². The highest BCUT2D eigenvalue weighted by molar-refractivity contribution is 5.00. The SMILES string of the molecule is FC(F)(F)COCc1noc(C2CNC2)n1. The molecule has 1 aromatic rings. The Hall–Kier alpha value is -1.15. The minimum absolute atomic E-state index is 0.145. The molecular weight excluding hydrogens is 227 g/mol. The molecule has 1 N–H and O–H groups in total. The van der Waals surface area contributed by atoms with Gasteiger partial charge in [-0.15, -0.1) is 0 Å². The van der Waals surface area contributed by atoms with E-state index >= 15 is 0 Å². The van der Waals surface area contributed by atoms with E-state index in [4.69, 9.17) is 4.52 Å². The lowest BCUT2D eigenvalue weighted by atomic mass is 10.0. The lowest BCUT2D eigenvalue weighted by Gasteiger charge is -2.22. The van der Waals surface area contributed by atoms with E-state index in [1.165, 1.54) is 0 Å². The van der Waals surface area contributed by atoms with E-state index in [-0.39, 0.29) is 18.3 Å². The van der Waals surface area contributed by atoms with Crippen LogP contribution < -0.4 is 5.32 Å². The third-order valence-electron chi connectivity index (χ3n) is 2.11.